The first-order valence-corrected chi connectivity index (χ1v) is 9.69. The van der Waals surface area contributed by atoms with Gasteiger partial charge < -0.3 is 19.5 Å². The van der Waals surface area contributed by atoms with Crippen molar-refractivity contribution in [3.05, 3.63) is 41.6 Å². The molecule has 1 fully saturated rings. The van der Waals surface area contributed by atoms with E-state index in [2.05, 4.69) is 9.97 Å². The van der Waals surface area contributed by atoms with Crippen molar-refractivity contribution in [3.8, 4) is 0 Å². The quantitative estimate of drug-likeness (QED) is 0.638. The zero-order chi connectivity index (χ0) is 23.0. The molecule has 1 N–H and O–H groups in total. The van der Waals surface area contributed by atoms with E-state index in [1.54, 1.807) is 4.57 Å². The maximum atomic E-state index is 13.1. The lowest BCUT2D eigenvalue weighted by molar-refractivity contribution is -0.259. The number of hydrogen-bond donors (Lipinski definition) is 1. The van der Waals surface area contributed by atoms with Crippen molar-refractivity contribution in [1.29, 1.82) is 0 Å². The van der Waals surface area contributed by atoms with E-state index in [0.29, 0.717) is 31.5 Å². The Hall–Kier alpha value is -2.95. The van der Waals surface area contributed by atoms with Gasteiger partial charge in [0.05, 0.1) is 18.6 Å². The van der Waals surface area contributed by atoms with Crippen LogP contribution in [0.2, 0.25) is 0 Å². The summed E-state index contributed by atoms with van der Waals surface area (Å²) in [6.07, 6.45) is 0.333. The maximum Gasteiger partial charge on any atom is 0.421 e. The zero-order valence-electron chi connectivity index (χ0n) is 17.4. The molecule has 2 aromatic heterocycles. The second-order valence-electron chi connectivity index (χ2n) is 8.00. The average molecular weight is 439 g/mol. The fourth-order valence-electron chi connectivity index (χ4n) is 3.08. The topological polar surface area (TPSA) is 91.6 Å². The summed E-state index contributed by atoms with van der Waals surface area (Å²) in [5.41, 5.74) is -2.81. The minimum atomic E-state index is -4.84. The fourth-order valence-corrected chi connectivity index (χ4v) is 3.08. The third kappa shape index (κ3) is 4.71. The molecular formula is C20H24F3N5O3. The summed E-state index contributed by atoms with van der Waals surface area (Å²) in [5, 5.41) is 9.75. The van der Waals surface area contributed by atoms with E-state index < -0.39 is 23.2 Å². The van der Waals surface area contributed by atoms with E-state index in [4.69, 9.17) is 0 Å². The van der Waals surface area contributed by atoms with Crippen LogP contribution in [0.15, 0.2) is 24.7 Å². The van der Waals surface area contributed by atoms with Crippen LogP contribution in [0.3, 0.4) is 0 Å². The summed E-state index contributed by atoms with van der Waals surface area (Å²) in [5.74, 6) is 0.308. The Morgan fingerprint density at radius 1 is 1.29 bits per heavy atom. The third-order valence-electron chi connectivity index (χ3n) is 5.35. The molecule has 0 aliphatic heterocycles. The molecule has 11 heteroatoms. The number of carbonyl (C=O) groups excluding carboxylic acids is 2. The molecule has 0 bridgehead atoms. The van der Waals surface area contributed by atoms with E-state index in [1.807, 2.05) is 0 Å². The maximum absolute atomic E-state index is 13.1. The summed E-state index contributed by atoms with van der Waals surface area (Å²) in [6.45, 7) is 1.30. The first-order chi connectivity index (χ1) is 14.5. The highest BCUT2D eigenvalue weighted by atomic mass is 19.4. The van der Waals surface area contributed by atoms with Gasteiger partial charge in [0.15, 0.2) is 17.1 Å². The molecule has 1 atom stereocenters. The summed E-state index contributed by atoms with van der Waals surface area (Å²) >= 11 is 0. The average Bonchev–Trinajstić information content (AvgIpc) is 3.43. The van der Waals surface area contributed by atoms with Gasteiger partial charge in [-0.15, -0.1) is 0 Å². The molecule has 31 heavy (non-hydrogen) atoms. The SMILES string of the molecule is CN(Cc1ccc(C(C)(O)C(F)(F)F)cn1)C(=O)c1c(N(C)C=O)ncn1CC1CC1. The number of halogens is 3. The highest BCUT2D eigenvalue weighted by molar-refractivity contribution is 5.99. The monoisotopic (exact) mass is 439 g/mol. The predicted molar refractivity (Wildman–Crippen MR) is 105 cm³/mol. The molecule has 168 valence electrons. The molecule has 1 aliphatic rings. The lowest BCUT2D eigenvalue weighted by Gasteiger charge is -2.26. The number of anilines is 1. The first kappa shape index (κ1) is 22.7. The Bertz CT molecular complexity index is 952. The lowest BCUT2D eigenvalue weighted by atomic mass is 9.97. The number of imidazole rings is 1. The van der Waals surface area contributed by atoms with Gasteiger partial charge in [0.1, 0.15) is 0 Å². The summed E-state index contributed by atoms with van der Waals surface area (Å²) in [4.78, 5) is 35.1. The van der Waals surface area contributed by atoms with Crippen molar-refractivity contribution in [1.82, 2.24) is 19.4 Å². The standard InChI is InChI=1S/C20H24F3N5O3/c1-19(31,20(21,22)23)14-6-7-15(24-8-14)10-26(2)18(30)16-17(27(3)12-29)25-11-28(16)9-13-4-5-13/h6-8,11-13,31H,4-5,9-10H2,1-3H3. The van der Waals surface area contributed by atoms with Crippen LogP contribution < -0.4 is 4.90 Å². The van der Waals surface area contributed by atoms with E-state index >= 15 is 0 Å². The number of pyridine rings is 1. The second-order valence-corrected chi connectivity index (χ2v) is 8.00. The Kier molecular flexibility index (Phi) is 6.08. The number of aliphatic hydroxyl groups is 1. The van der Waals surface area contributed by atoms with Crippen molar-refractivity contribution in [3.63, 3.8) is 0 Å². The largest absolute Gasteiger partial charge is 0.421 e. The molecule has 1 aliphatic carbocycles. The van der Waals surface area contributed by atoms with Crippen molar-refractivity contribution in [2.75, 3.05) is 19.0 Å². The molecule has 2 heterocycles. The molecule has 1 saturated carbocycles. The van der Waals surface area contributed by atoms with Crippen LogP contribution in [0.5, 0.6) is 0 Å². The van der Waals surface area contributed by atoms with E-state index in [9.17, 15) is 27.9 Å². The van der Waals surface area contributed by atoms with Gasteiger partial charge in [0, 0.05) is 32.4 Å². The van der Waals surface area contributed by atoms with Crippen molar-refractivity contribution >= 4 is 18.1 Å². The van der Waals surface area contributed by atoms with Gasteiger partial charge in [-0.05, 0) is 31.7 Å². The van der Waals surface area contributed by atoms with Crippen LogP contribution in [0, 0.1) is 5.92 Å². The van der Waals surface area contributed by atoms with Gasteiger partial charge in [-0.2, -0.15) is 13.2 Å². The van der Waals surface area contributed by atoms with E-state index in [1.165, 1.54) is 36.3 Å². The molecule has 0 spiro atoms. The van der Waals surface area contributed by atoms with Gasteiger partial charge in [0.25, 0.3) is 5.91 Å². The molecular weight excluding hydrogens is 415 g/mol. The highest BCUT2D eigenvalue weighted by Gasteiger charge is 2.51. The Morgan fingerprint density at radius 2 is 1.97 bits per heavy atom. The number of nitrogens with zero attached hydrogens (tertiary/aromatic N) is 5. The van der Waals surface area contributed by atoms with E-state index in [0.717, 1.165) is 25.1 Å². The second kappa shape index (κ2) is 8.29. The van der Waals surface area contributed by atoms with Crippen LogP contribution in [0.4, 0.5) is 19.0 Å². The fraction of sp³-hybridized carbons (Fsp3) is 0.500. The van der Waals surface area contributed by atoms with Crippen molar-refractivity contribution < 1.29 is 27.9 Å². The smallest absolute Gasteiger partial charge is 0.376 e. The molecule has 2 amide bonds. The summed E-state index contributed by atoms with van der Waals surface area (Å²) in [7, 11) is 3.03. The minimum absolute atomic E-state index is 0.0200. The Morgan fingerprint density at radius 3 is 2.48 bits per heavy atom. The molecule has 8 nitrogen and oxygen atoms in total. The van der Waals surface area contributed by atoms with Crippen LogP contribution in [-0.4, -0.2) is 57.1 Å². The van der Waals surface area contributed by atoms with Gasteiger partial charge in [0.2, 0.25) is 6.41 Å². The lowest BCUT2D eigenvalue weighted by Crippen LogP contribution is -2.39. The minimum Gasteiger partial charge on any atom is -0.376 e. The molecule has 0 radical (unpaired) electrons. The van der Waals surface area contributed by atoms with Crippen LogP contribution in [0.25, 0.3) is 0 Å². The zero-order valence-corrected chi connectivity index (χ0v) is 17.4. The van der Waals surface area contributed by atoms with Crippen LogP contribution in [-0.2, 0) is 23.5 Å². The summed E-state index contributed by atoms with van der Waals surface area (Å²) < 4.78 is 40.7. The number of amides is 2. The number of rotatable bonds is 8. The van der Waals surface area contributed by atoms with Gasteiger partial charge in [-0.1, -0.05) is 6.07 Å². The number of hydrogen-bond acceptors (Lipinski definition) is 5. The molecule has 1 unspecified atom stereocenters. The Labute approximate surface area is 177 Å². The number of carbonyl (C=O) groups is 2. The highest BCUT2D eigenvalue weighted by Crippen LogP contribution is 2.38. The van der Waals surface area contributed by atoms with Gasteiger partial charge in [-0.3, -0.25) is 14.6 Å². The van der Waals surface area contributed by atoms with Crippen molar-refractivity contribution in [2.45, 2.75) is 44.6 Å². The van der Waals surface area contributed by atoms with Gasteiger partial charge >= 0.3 is 6.18 Å². The predicted octanol–water partition coefficient (Wildman–Crippen LogP) is 2.32. The molecule has 0 saturated heterocycles. The molecule has 2 aromatic rings. The number of aromatic nitrogens is 3. The van der Waals surface area contributed by atoms with Crippen molar-refractivity contribution in [2.24, 2.45) is 5.92 Å². The van der Waals surface area contributed by atoms with Crippen LogP contribution in [0.1, 0.15) is 41.5 Å². The normalized spacial score (nSPS) is 16.0. The molecule has 3 rings (SSSR count). The number of alkyl halides is 3. The van der Waals surface area contributed by atoms with Gasteiger partial charge in [-0.25, -0.2) is 4.98 Å². The Balaban J connectivity index is 1.79. The van der Waals surface area contributed by atoms with Crippen LogP contribution >= 0.6 is 0 Å². The molecule has 0 aromatic carbocycles. The first-order valence-electron chi connectivity index (χ1n) is 9.69. The summed E-state index contributed by atoms with van der Waals surface area (Å²) in [6, 6.07) is 2.47. The van der Waals surface area contributed by atoms with E-state index in [-0.39, 0.29) is 18.1 Å². The third-order valence-corrected chi connectivity index (χ3v) is 5.35.